The maximum absolute atomic E-state index is 13.1. The van der Waals surface area contributed by atoms with E-state index in [2.05, 4.69) is 5.32 Å². The second-order valence-corrected chi connectivity index (χ2v) is 9.11. The second-order valence-electron chi connectivity index (χ2n) is 9.11. The number of fused-ring (bicyclic) bond motifs is 1. The van der Waals surface area contributed by atoms with E-state index in [9.17, 15) is 19.2 Å². The van der Waals surface area contributed by atoms with Crippen molar-refractivity contribution in [2.45, 2.75) is 61.0 Å². The van der Waals surface area contributed by atoms with Gasteiger partial charge < -0.3 is 14.3 Å². The van der Waals surface area contributed by atoms with E-state index in [0.717, 1.165) is 5.06 Å². The largest absolute Gasteiger partial charge is 0.444 e. The summed E-state index contributed by atoms with van der Waals surface area (Å²) >= 11 is 0. The number of hydroxylamine groups is 1. The lowest BCUT2D eigenvalue weighted by Gasteiger charge is -2.22. The molecule has 1 aliphatic rings. The van der Waals surface area contributed by atoms with E-state index in [-0.39, 0.29) is 17.0 Å². The molecule has 9 nitrogen and oxygen atoms in total. The molecule has 0 atom stereocenters. The summed E-state index contributed by atoms with van der Waals surface area (Å²) in [6.45, 7) is 12.8. The first-order valence-electron chi connectivity index (χ1n) is 9.70. The molecule has 1 aromatic carbocycles. The lowest BCUT2D eigenvalue weighted by Crippen LogP contribution is -2.35. The predicted molar refractivity (Wildman–Crippen MR) is 114 cm³/mol. The maximum atomic E-state index is 13.1. The highest BCUT2D eigenvalue weighted by molar-refractivity contribution is 6.32. The molecule has 0 fully saturated rings. The standard InChI is InChI=1S/C22H28N2O7/c1-12(29-13(2)25)17-15-10-9-14(23-20(28)30-22(6,7)8)11-16(15)24(18(17)26)31-19(27)21(3,4)5/h9-11H,1-8H3,(H,23,28)/b17-12-. The van der Waals surface area contributed by atoms with E-state index >= 15 is 0 Å². The van der Waals surface area contributed by atoms with Crippen molar-refractivity contribution in [2.24, 2.45) is 5.41 Å². The number of hydrogen-bond acceptors (Lipinski definition) is 7. The number of ether oxygens (including phenoxy) is 2. The molecule has 2 amide bonds. The van der Waals surface area contributed by atoms with Crippen LogP contribution in [0.3, 0.4) is 0 Å². The van der Waals surface area contributed by atoms with Gasteiger partial charge in [0.2, 0.25) is 0 Å². The van der Waals surface area contributed by atoms with Gasteiger partial charge in [-0.2, -0.15) is 0 Å². The molecule has 168 valence electrons. The molecule has 0 radical (unpaired) electrons. The Bertz CT molecular complexity index is 965. The zero-order valence-electron chi connectivity index (χ0n) is 19.0. The van der Waals surface area contributed by atoms with Gasteiger partial charge in [0, 0.05) is 18.2 Å². The Morgan fingerprint density at radius 1 is 1.00 bits per heavy atom. The fourth-order valence-corrected chi connectivity index (χ4v) is 2.65. The number of allylic oxidation sites excluding steroid dienone is 1. The molecule has 9 heteroatoms. The summed E-state index contributed by atoms with van der Waals surface area (Å²) in [5, 5.41) is 3.42. The molecule has 1 aromatic rings. The Morgan fingerprint density at radius 3 is 2.13 bits per heavy atom. The molecule has 0 saturated heterocycles. The van der Waals surface area contributed by atoms with E-state index in [1.807, 2.05) is 0 Å². The molecule has 0 unspecified atom stereocenters. The van der Waals surface area contributed by atoms with Gasteiger partial charge in [-0.15, -0.1) is 5.06 Å². The summed E-state index contributed by atoms with van der Waals surface area (Å²) in [4.78, 5) is 54.4. The zero-order chi connectivity index (χ0) is 23.7. The second kappa shape index (κ2) is 8.41. The monoisotopic (exact) mass is 432 g/mol. The van der Waals surface area contributed by atoms with E-state index in [4.69, 9.17) is 14.3 Å². The number of nitrogens with one attached hydrogen (secondary N) is 1. The van der Waals surface area contributed by atoms with Crippen molar-refractivity contribution in [3.63, 3.8) is 0 Å². The predicted octanol–water partition coefficient (Wildman–Crippen LogP) is 4.18. The Balaban J connectivity index is 2.49. The maximum Gasteiger partial charge on any atom is 0.412 e. The van der Waals surface area contributed by atoms with E-state index < -0.39 is 35.0 Å². The van der Waals surface area contributed by atoms with Crippen molar-refractivity contribution in [2.75, 3.05) is 10.4 Å². The lowest BCUT2D eigenvalue weighted by atomic mass is 9.98. The fraction of sp³-hybridized carbons (Fsp3) is 0.455. The molecule has 0 saturated carbocycles. The number of rotatable bonds is 3. The highest BCUT2D eigenvalue weighted by Crippen LogP contribution is 2.41. The highest BCUT2D eigenvalue weighted by Gasteiger charge is 2.40. The summed E-state index contributed by atoms with van der Waals surface area (Å²) in [5.74, 6) is -1.82. The molecule has 1 aliphatic heterocycles. The topological polar surface area (TPSA) is 111 Å². The zero-order valence-corrected chi connectivity index (χ0v) is 19.0. The summed E-state index contributed by atoms with van der Waals surface area (Å²) in [5.41, 5.74) is -0.552. The molecule has 0 aromatic heterocycles. The third-order valence-electron chi connectivity index (χ3n) is 3.96. The highest BCUT2D eigenvalue weighted by atomic mass is 16.7. The quantitative estimate of drug-likeness (QED) is 0.433. The van der Waals surface area contributed by atoms with Crippen molar-refractivity contribution < 1.29 is 33.5 Å². The van der Waals surface area contributed by atoms with Crippen LogP contribution in [0.2, 0.25) is 0 Å². The van der Waals surface area contributed by atoms with Crippen LogP contribution in [-0.2, 0) is 28.7 Å². The minimum atomic E-state index is -0.871. The van der Waals surface area contributed by atoms with Crippen LogP contribution in [-0.4, -0.2) is 29.5 Å². The average Bonchev–Trinajstić information content (AvgIpc) is 2.83. The summed E-state index contributed by atoms with van der Waals surface area (Å²) < 4.78 is 10.3. The van der Waals surface area contributed by atoms with Crippen LogP contribution in [0.15, 0.2) is 24.0 Å². The minimum absolute atomic E-state index is 0.0703. The minimum Gasteiger partial charge on any atom is -0.444 e. The van der Waals surface area contributed by atoms with Gasteiger partial charge >= 0.3 is 18.0 Å². The average molecular weight is 432 g/mol. The molecular formula is C22H28N2O7. The first kappa shape index (κ1) is 23.9. The normalized spacial score (nSPS) is 15.2. The van der Waals surface area contributed by atoms with Gasteiger partial charge in [0.15, 0.2) is 0 Å². The van der Waals surface area contributed by atoms with Crippen LogP contribution in [0.4, 0.5) is 16.2 Å². The Hall–Kier alpha value is -3.36. The number of esters is 1. The fourth-order valence-electron chi connectivity index (χ4n) is 2.65. The van der Waals surface area contributed by atoms with Gasteiger partial charge in [0.1, 0.15) is 11.4 Å². The van der Waals surface area contributed by atoms with Crippen molar-refractivity contribution in [1.82, 2.24) is 0 Å². The Morgan fingerprint density at radius 2 is 1.61 bits per heavy atom. The number of carbonyl (C=O) groups is 4. The van der Waals surface area contributed by atoms with E-state index in [1.165, 1.54) is 19.9 Å². The van der Waals surface area contributed by atoms with Crippen LogP contribution in [0.25, 0.3) is 5.57 Å². The Labute approximate surface area is 181 Å². The van der Waals surface area contributed by atoms with Crippen LogP contribution < -0.4 is 10.4 Å². The molecular weight excluding hydrogens is 404 g/mol. The van der Waals surface area contributed by atoms with Crippen LogP contribution in [0, 0.1) is 5.41 Å². The van der Waals surface area contributed by atoms with Crippen molar-refractivity contribution in [3.8, 4) is 0 Å². The van der Waals surface area contributed by atoms with Gasteiger partial charge in [-0.1, -0.05) is 0 Å². The Kier molecular flexibility index (Phi) is 6.49. The molecule has 1 heterocycles. The summed E-state index contributed by atoms with van der Waals surface area (Å²) in [6, 6.07) is 4.60. The lowest BCUT2D eigenvalue weighted by molar-refractivity contribution is -0.157. The van der Waals surface area contributed by atoms with Crippen LogP contribution in [0.1, 0.15) is 61.0 Å². The molecule has 0 aliphatic carbocycles. The SMILES string of the molecule is CC(=O)O/C(C)=C1\C(=O)N(OC(=O)C(C)(C)C)c2cc(NC(=O)OC(C)(C)C)ccc21. The van der Waals surface area contributed by atoms with Gasteiger partial charge in [-0.05, 0) is 66.7 Å². The van der Waals surface area contributed by atoms with Crippen molar-refractivity contribution in [3.05, 3.63) is 29.5 Å². The van der Waals surface area contributed by atoms with Crippen LogP contribution in [0.5, 0.6) is 0 Å². The summed E-state index contributed by atoms with van der Waals surface area (Å²) in [7, 11) is 0. The van der Waals surface area contributed by atoms with Crippen molar-refractivity contribution >= 4 is 40.9 Å². The third kappa shape index (κ3) is 5.84. The number of amides is 2. The molecule has 31 heavy (non-hydrogen) atoms. The molecule has 0 spiro atoms. The van der Waals surface area contributed by atoms with Gasteiger partial charge in [-0.25, -0.2) is 9.59 Å². The van der Waals surface area contributed by atoms with Crippen LogP contribution >= 0.6 is 0 Å². The first-order valence-corrected chi connectivity index (χ1v) is 9.70. The third-order valence-corrected chi connectivity index (χ3v) is 3.96. The van der Waals surface area contributed by atoms with Gasteiger partial charge in [0.25, 0.3) is 5.91 Å². The number of benzene rings is 1. The van der Waals surface area contributed by atoms with Crippen molar-refractivity contribution in [1.29, 1.82) is 0 Å². The van der Waals surface area contributed by atoms with E-state index in [0.29, 0.717) is 11.3 Å². The molecule has 0 bridgehead atoms. The molecule has 1 N–H and O–H groups in total. The number of nitrogens with zero attached hydrogens (tertiary/aromatic N) is 1. The van der Waals surface area contributed by atoms with Gasteiger partial charge in [-0.3, -0.25) is 14.9 Å². The smallest absolute Gasteiger partial charge is 0.412 e. The van der Waals surface area contributed by atoms with Gasteiger partial charge in [0.05, 0.1) is 16.7 Å². The first-order chi connectivity index (χ1) is 14.1. The van der Waals surface area contributed by atoms with E-state index in [1.54, 1.807) is 53.7 Å². The molecule has 2 rings (SSSR count). The number of anilines is 2. The number of hydrogen-bond donors (Lipinski definition) is 1. The summed E-state index contributed by atoms with van der Waals surface area (Å²) in [6.07, 6.45) is -0.679. The number of carbonyl (C=O) groups excluding carboxylic acids is 4.